The third kappa shape index (κ3) is 22.4. The quantitative estimate of drug-likeness (QED) is 0.0356. The molecule has 4 atom stereocenters. The SMILES string of the molecule is CCCCCCc1ccc(-c2ccc(-c3ccc(C4=C5C(=O)N(CC(CC)CCCC)C(c6ccc(-c7cc8c(-c9ccc(CCCCCC)s9)c9sc(-c%10ccc(C%11=C%12C(=O)N(CC(CC)CCCC)C(c%13ccc(-c%14ccc(-c%15ccc(CCCCCC)s%15)s%14)s%13)=C%12C(=O)N%11CC(CC)CCCC)s%10)cc9c(-c9ccc(CCCCCC)s9)c8s7)s6)=C5C(=O)N4CC(CC)CCCC)s3)s2)s1. The van der Waals surface area contributed by atoms with Crippen LogP contribution in [0.1, 0.15) is 328 Å². The van der Waals surface area contributed by atoms with Crippen molar-refractivity contribution in [1.82, 2.24) is 19.6 Å². The Balaban J connectivity index is 0.797. The maximum Gasteiger partial charge on any atom is 0.261 e. The van der Waals surface area contributed by atoms with E-state index in [0.29, 0.717) is 48.5 Å². The van der Waals surface area contributed by atoms with Crippen LogP contribution in [0.3, 0.4) is 0 Å². The Kier molecular flexibility index (Phi) is 36.1. The third-order valence-electron chi connectivity index (χ3n) is 29.0. The van der Waals surface area contributed by atoms with Crippen LogP contribution < -0.4 is 0 Å². The number of fused-ring (bicyclic) bond motifs is 4. The number of rotatable bonds is 56. The minimum Gasteiger partial charge on any atom is -0.306 e. The second kappa shape index (κ2) is 48.6. The minimum absolute atomic E-state index is 0.0434. The van der Waals surface area contributed by atoms with Crippen molar-refractivity contribution in [3.8, 4) is 79.4 Å². The number of carbonyl (C=O) groups excluding carboxylic acids is 4. The maximum atomic E-state index is 16.4. The fourth-order valence-electron chi connectivity index (χ4n) is 20.8. The molecule has 0 fully saturated rings. The van der Waals surface area contributed by atoms with Crippen molar-refractivity contribution in [3.63, 3.8) is 0 Å². The van der Waals surface area contributed by atoms with Gasteiger partial charge in [0.1, 0.15) is 0 Å². The Morgan fingerprint density at radius 2 is 0.413 bits per heavy atom. The molecular formula is C118H142N4O4S12. The molecule has 730 valence electrons. The Bertz CT molecular complexity index is 6050. The first-order chi connectivity index (χ1) is 67.6. The third-order valence-corrected chi connectivity index (χ3v) is 43.7. The van der Waals surface area contributed by atoms with Gasteiger partial charge in [0.2, 0.25) is 0 Å². The Morgan fingerprint density at radius 3 is 0.652 bits per heavy atom. The van der Waals surface area contributed by atoms with E-state index in [1.165, 1.54) is 189 Å². The van der Waals surface area contributed by atoms with Gasteiger partial charge in [-0.25, -0.2) is 0 Å². The fraction of sp³-hybridized carbons (Fsp3) is 0.475. The van der Waals surface area contributed by atoms with Crippen LogP contribution in [0.25, 0.3) is 122 Å². The summed E-state index contributed by atoms with van der Waals surface area (Å²) in [5.74, 6) is 0.891. The minimum atomic E-state index is -0.0434. The smallest absolute Gasteiger partial charge is 0.261 e. The van der Waals surface area contributed by atoms with Gasteiger partial charge in [0.05, 0.1) is 64.6 Å². The molecule has 12 aromatic heterocycles. The molecule has 13 aromatic rings. The van der Waals surface area contributed by atoms with Gasteiger partial charge in [0, 0.05) is 145 Å². The lowest BCUT2D eigenvalue weighted by atomic mass is 9.98. The molecule has 4 aliphatic rings. The van der Waals surface area contributed by atoms with Crippen LogP contribution in [-0.4, -0.2) is 69.4 Å². The van der Waals surface area contributed by atoms with E-state index in [-0.39, 0.29) is 47.3 Å². The van der Waals surface area contributed by atoms with Crippen LogP contribution in [0, 0.1) is 23.7 Å². The highest BCUT2D eigenvalue weighted by molar-refractivity contribution is 7.30. The lowest BCUT2D eigenvalue weighted by molar-refractivity contribution is -0.124. The topological polar surface area (TPSA) is 81.2 Å². The molecule has 1 aromatic carbocycles. The van der Waals surface area contributed by atoms with Crippen molar-refractivity contribution in [2.24, 2.45) is 23.7 Å². The van der Waals surface area contributed by atoms with E-state index in [1.807, 2.05) is 90.7 Å². The fourth-order valence-corrected chi connectivity index (χ4v) is 34.5. The molecule has 0 radical (unpaired) electrons. The van der Waals surface area contributed by atoms with E-state index >= 15 is 19.2 Å². The van der Waals surface area contributed by atoms with Crippen LogP contribution in [0.5, 0.6) is 0 Å². The molecule has 0 aliphatic carbocycles. The molecule has 4 amide bonds. The number of carbonyl (C=O) groups is 4. The van der Waals surface area contributed by atoms with E-state index in [0.717, 1.165) is 203 Å². The van der Waals surface area contributed by atoms with E-state index < -0.39 is 0 Å². The molecule has 4 aliphatic heterocycles. The average Bonchev–Trinajstić information content (AvgIpc) is 1.54. The molecule has 0 saturated carbocycles. The standard InChI is InChI=1S/C118H142N4O4S12/c1-13-25-33-37-45-79-49-53-85(127-79)87-57-59-89(131-87)91-61-65-97(133-91)109-105-107(117(125)119(109)71-75(21-9)41-29-17-5)111(121(115(105)123)73-77(23-11)43-31-19-7)99-67-63-93(135-99)101-69-83-103(95-55-51-81(129-95)47-39-35-27-15-3)114-84(104(113(83)137-101)96-56-52-82(130-96)48-40-36-28-16-4)70-102(138-114)94-64-68-100(136-94)112-108-106(116(124)122(112)74-78(24-12)44-32-20-8)110(120(118(108)126)72-76(22-10)42-30-18-6)98-66-62-92(134-98)90-60-58-88(132-90)86-54-50-80(128-86)46-38-34-26-14-2/h49-70,75-78H,13-48,71-74H2,1-12H3. The van der Waals surface area contributed by atoms with Gasteiger partial charge in [-0.3, -0.25) is 19.2 Å². The van der Waals surface area contributed by atoms with Gasteiger partial charge in [0.15, 0.2) is 0 Å². The molecule has 0 saturated heterocycles. The molecule has 138 heavy (non-hydrogen) atoms. The van der Waals surface area contributed by atoms with Crippen LogP contribution in [-0.2, 0) is 44.9 Å². The van der Waals surface area contributed by atoms with Crippen molar-refractivity contribution < 1.29 is 19.2 Å². The van der Waals surface area contributed by atoms with Crippen LogP contribution >= 0.6 is 136 Å². The zero-order chi connectivity index (χ0) is 96.0. The summed E-state index contributed by atoms with van der Waals surface area (Å²) in [6.07, 6.45) is 40.5. The molecule has 8 nitrogen and oxygen atoms in total. The molecule has 20 heteroatoms. The number of unbranched alkanes of at least 4 members (excludes halogenated alkanes) is 16. The first kappa shape index (κ1) is 102. The van der Waals surface area contributed by atoms with E-state index in [4.69, 9.17) is 0 Å². The number of aryl methyl sites for hydroxylation is 4. The van der Waals surface area contributed by atoms with Crippen molar-refractivity contribution in [2.75, 3.05) is 26.2 Å². The lowest BCUT2D eigenvalue weighted by Gasteiger charge is -2.29. The molecule has 16 heterocycles. The van der Waals surface area contributed by atoms with Gasteiger partial charge >= 0.3 is 0 Å². The van der Waals surface area contributed by atoms with Gasteiger partial charge < -0.3 is 19.6 Å². The molecule has 0 N–H and O–H groups in total. The van der Waals surface area contributed by atoms with Gasteiger partial charge in [-0.15, -0.1) is 136 Å². The second-order valence-electron chi connectivity index (χ2n) is 39.0. The van der Waals surface area contributed by atoms with E-state index in [2.05, 4.69) is 236 Å². The number of nitrogens with zero attached hydrogens (tertiary/aromatic N) is 4. The molecule has 17 rings (SSSR count). The summed E-state index contributed by atoms with van der Waals surface area (Å²) >= 11 is 22.2. The number of hydrogen-bond acceptors (Lipinski definition) is 16. The molecule has 0 bridgehead atoms. The summed E-state index contributed by atoms with van der Waals surface area (Å²) in [5, 5.41) is 2.50. The first-order valence-electron chi connectivity index (χ1n) is 52.8. The second-order valence-corrected chi connectivity index (χ2v) is 52.3. The highest BCUT2D eigenvalue weighted by Crippen LogP contribution is 2.59. The first-order valence-corrected chi connectivity index (χ1v) is 62.6. The van der Waals surface area contributed by atoms with E-state index in [1.54, 1.807) is 45.3 Å². The average molecular weight is 2070 g/mol. The Hall–Kier alpha value is -7.02. The summed E-state index contributed by atoms with van der Waals surface area (Å²) in [6, 6.07) is 51.1. The zero-order valence-electron chi connectivity index (χ0n) is 83.6. The van der Waals surface area contributed by atoms with Crippen molar-refractivity contribution in [3.05, 3.63) is 195 Å². The predicted molar refractivity (Wildman–Crippen MR) is 611 cm³/mol. The Morgan fingerprint density at radius 1 is 0.210 bits per heavy atom. The van der Waals surface area contributed by atoms with Crippen LogP contribution in [0.4, 0.5) is 0 Å². The molecular weight excluding hydrogens is 1920 g/mol. The molecule has 4 unspecified atom stereocenters. The largest absolute Gasteiger partial charge is 0.306 e. The normalized spacial score (nSPS) is 15.2. The van der Waals surface area contributed by atoms with Gasteiger partial charge in [-0.05, 0) is 234 Å². The van der Waals surface area contributed by atoms with Crippen molar-refractivity contribution in [1.29, 1.82) is 0 Å². The molecule has 0 spiro atoms. The van der Waals surface area contributed by atoms with Gasteiger partial charge in [-0.1, -0.05) is 237 Å². The highest BCUT2D eigenvalue weighted by Gasteiger charge is 2.53. The monoisotopic (exact) mass is 2060 g/mol. The number of amides is 4. The highest BCUT2D eigenvalue weighted by atomic mass is 32.1. The lowest BCUT2D eigenvalue weighted by Crippen LogP contribution is -2.34. The van der Waals surface area contributed by atoms with Crippen molar-refractivity contribution >= 4 is 203 Å². The van der Waals surface area contributed by atoms with Gasteiger partial charge in [-0.2, -0.15) is 0 Å². The number of hydrogen-bond donors (Lipinski definition) is 0. The predicted octanol–water partition coefficient (Wildman–Crippen LogP) is 39.0. The van der Waals surface area contributed by atoms with E-state index in [9.17, 15) is 0 Å². The van der Waals surface area contributed by atoms with Crippen LogP contribution in [0.2, 0.25) is 0 Å². The summed E-state index contributed by atoms with van der Waals surface area (Å²) in [6.45, 7) is 29.6. The van der Waals surface area contributed by atoms with Gasteiger partial charge in [0.25, 0.3) is 23.6 Å². The Labute approximate surface area is 871 Å². The van der Waals surface area contributed by atoms with Crippen LogP contribution in [0.15, 0.2) is 156 Å². The zero-order valence-corrected chi connectivity index (χ0v) is 93.4. The number of thiophene rings is 12. The number of benzene rings is 1. The summed E-state index contributed by atoms with van der Waals surface area (Å²) < 4.78 is 2.53. The summed E-state index contributed by atoms with van der Waals surface area (Å²) in [5.41, 5.74) is 8.01. The summed E-state index contributed by atoms with van der Waals surface area (Å²) in [7, 11) is 0. The summed E-state index contributed by atoms with van der Waals surface area (Å²) in [4.78, 5) is 101. The van der Waals surface area contributed by atoms with Crippen molar-refractivity contribution in [2.45, 2.75) is 314 Å². The maximum absolute atomic E-state index is 16.4.